The maximum absolute atomic E-state index is 12.6. The molecule has 0 spiro atoms. The molecule has 2 aromatic carbocycles. The fourth-order valence-corrected chi connectivity index (χ4v) is 5.97. The summed E-state index contributed by atoms with van der Waals surface area (Å²) in [6.45, 7) is 1.64. The first kappa shape index (κ1) is 22.8. The fourth-order valence-electron chi connectivity index (χ4n) is 4.95. The predicted molar refractivity (Wildman–Crippen MR) is 128 cm³/mol. The summed E-state index contributed by atoms with van der Waals surface area (Å²) < 4.78 is 27.1. The highest BCUT2D eigenvalue weighted by Gasteiger charge is 2.25. The van der Waals surface area contributed by atoms with E-state index in [0.717, 1.165) is 63.7 Å². The van der Waals surface area contributed by atoms with E-state index in [1.807, 2.05) is 25.2 Å². The van der Waals surface area contributed by atoms with Crippen molar-refractivity contribution >= 4 is 21.7 Å². The van der Waals surface area contributed by atoms with Crippen LogP contribution in [0.25, 0.3) is 0 Å². The summed E-state index contributed by atoms with van der Waals surface area (Å²) in [5, 5.41) is 2.90. The van der Waals surface area contributed by atoms with Crippen molar-refractivity contribution in [2.45, 2.75) is 57.9 Å². The molecule has 32 heavy (non-hydrogen) atoms. The molecule has 2 aromatic rings. The van der Waals surface area contributed by atoms with Crippen molar-refractivity contribution in [3.63, 3.8) is 0 Å². The van der Waals surface area contributed by atoms with E-state index in [0.29, 0.717) is 6.42 Å². The van der Waals surface area contributed by atoms with Gasteiger partial charge < -0.3 is 10.2 Å². The van der Waals surface area contributed by atoms with Crippen molar-refractivity contribution in [1.29, 1.82) is 0 Å². The van der Waals surface area contributed by atoms with Crippen LogP contribution in [-0.2, 0) is 42.3 Å². The summed E-state index contributed by atoms with van der Waals surface area (Å²) in [5.74, 6) is -0.0510. The molecule has 0 saturated carbocycles. The second-order valence-corrected chi connectivity index (χ2v) is 10.9. The lowest BCUT2D eigenvalue weighted by molar-refractivity contribution is 0.256. The zero-order chi connectivity index (χ0) is 22.6. The first-order chi connectivity index (χ1) is 15.4. The molecular formula is C25H33N3O3S. The van der Waals surface area contributed by atoms with Crippen molar-refractivity contribution in [2.24, 2.45) is 0 Å². The van der Waals surface area contributed by atoms with Gasteiger partial charge in [0.25, 0.3) is 0 Å². The Labute approximate surface area is 191 Å². The standard InChI is InChI=1S/C25H33N3O3S/c1-28(18-19-9-3-2-4-10-19)15-5-6-16-32(30,31)27-25(29)26-24-22-13-7-11-20(22)17-21-12-8-14-23(21)24/h2-4,9-10,17H,5-8,11-16,18H2,1H3,(H2,26,27,29). The second-order valence-electron chi connectivity index (χ2n) is 9.04. The quantitative estimate of drug-likeness (QED) is 0.560. The molecule has 2 amide bonds. The number of nitrogens with one attached hydrogen (secondary N) is 2. The van der Waals surface area contributed by atoms with Gasteiger partial charge in [0.05, 0.1) is 5.75 Å². The normalized spacial score (nSPS) is 14.9. The Morgan fingerprint density at radius 2 is 1.62 bits per heavy atom. The van der Waals surface area contributed by atoms with E-state index in [9.17, 15) is 13.2 Å². The lowest BCUT2D eigenvalue weighted by atomic mass is 9.99. The largest absolute Gasteiger partial charge is 0.332 e. The molecule has 0 unspecified atom stereocenters. The van der Waals surface area contributed by atoms with Crippen LogP contribution >= 0.6 is 0 Å². The Hall–Kier alpha value is -2.38. The summed E-state index contributed by atoms with van der Waals surface area (Å²) >= 11 is 0. The lowest BCUT2D eigenvalue weighted by Crippen LogP contribution is -2.36. The molecule has 0 saturated heterocycles. The van der Waals surface area contributed by atoms with Gasteiger partial charge in [-0.15, -0.1) is 0 Å². The summed E-state index contributed by atoms with van der Waals surface area (Å²) in [6.07, 6.45) is 7.41. The number of sulfonamides is 1. The molecule has 0 radical (unpaired) electrons. The van der Waals surface area contributed by atoms with E-state index in [1.54, 1.807) is 0 Å². The molecule has 172 valence electrons. The van der Waals surface area contributed by atoms with Gasteiger partial charge in [-0.05, 0) is 92.8 Å². The van der Waals surface area contributed by atoms with E-state index < -0.39 is 16.1 Å². The number of anilines is 1. The van der Waals surface area contributed by atoms with E-state index in [2.05, 4.69) is 33.1 Å². The topological polar surface area (TPSA) is 78.5 Å². The molecular weight excluding hydrogens is 422 g/mol. The first-order valence-electron chi connectivity index (χ1n) is 11.6. The van der Waals surface area contributed by atoms with Gasteiger partial charge >= 0.3 is 6.03 Å². The van der Waals surface area contributed by atoms with E-state index >= 15 is 0 Å². The number of fused-ring (bicyclic) bond motifs is 2. The van der Waals surface area contributed by atoms with Gasteiger partial charge in [-0.25, -0.2) is 17.9 Å². The third-order valence-electron chi connectivity index (χ3n) is 6.46. The van der Waals surface area contributed by atoms with Crippen molar-refractivity contribution in [1.82, 2.24) is 9.62 Å². The number of aryl methyl sites for hydroxylation is 2. The molecule has 0 bridgehead atoms. The van der Waals surface area contributed by atoms with Crippen LogP contribution in [0.4, 0.5) is 10.5 Å². The summed E-state index contributed by atoms with van der Waals surface area (Å²) in [7, 11) is -1.63. The smallest absolute Gasteiger partial charge is 0.307 e. The van der Waals surface area contributed by atoms with Crippen LogP contribution in [0.2, 0.25) is 0 Å². The summed E-state index contributed by atoms with van der Waals surface area (Å²) in [5.41, 5.74) is 7.11. The molecule has 2 N–H and O–H groups in total. The van der Waals surface area contributed by atoms with Gasteiger partial charge in [-0.3, -0.25) is 0 Å². The minimum absolute atomic E-state index is 0.0510. The molecule has 6 nitrogen and oxygen atoms in total. The molecule has 0 heterocycles. The SMILES string of the molecule is CN(CCCCS(=O)(=O)NC(=O)Nc1c2c(cc3c1CCC3)CCC2)Cc1ccccc1. The Balaban J connectivity index is 1.26. The molecule has 4 rings (SSSR count). The number of hydrogen-bond acceptors (Lipinski definition) is 4. The maximum Gasteiger partial charge on any atom is 0.332 e. The van der Waals surface area contributed by atoms with E-state index in [4.69, 9.17) is 0 Å². The zero-order valence-electron chi connectivity index (χ0n) is 18.8. The number of urea groups is 1. The third-order valence-corrected chi connectivity index (χ3v) is 7.78. The summed E-state index contributed by atoms with van der Waals surface area (Å²) in [6, 6.07) is 11.9. The minimum atomic E-state index is -3.67. The maximum atomic E-state index is 12.6. The van der Waals surface area contributed by atoms with Gasteiger partial charge in [0.2, 0.25) is 10.0 Å². The second kappa shape index (κ2) is 10.0. The van der Waals surface area contributed by atoms with Crippen molar-refractivity contribution in [3.8, 4) is 0 Å². The number of amides is 2. The van der Waals surface area contributed by atoms with Gasteiger partial charge in [-0.2, -0.15) is 0 Å². The molecule has 0 fully saturated rings. The van der Waals surface area contributed by atoms with Crippen LogP contribution in [0.1, 0.15) is 53.5 Å². The number of carbonyl (C=O) groups excluding carboxylic acids is 1. The van der Waals surface area contributed by atoms with Crippen LogP contribution in [0, 0.1) is 0 Å². The molecule has 0 aromatic heterocycles. The zero-order valence-corrected chi connectivity index (χ0v) is 19.6. The lowest BCUT2D eigenvalue weighted by Gasteiger charge is -2.17. The number of nitrogens with zero attached hydrogens (tertiary/aromatic N) is 1. The van der Waals surface area contributed by atoms with Crippen LogP contribution in [-0.4, -0.2) is 38.7 Å². The predicted octanol–water partition coefficient (Wildman–Crippen LogP) is 4.03. The molecule has 2 aliphatic carbocycles. The fraction of sp³-hybridized carbons (Fsp3) is 0.480. The average Bonchev–Trinajstić information content (AvgIpc) is 3.41. The highest BCUT2D eigenvalue weighted by Crippen LogP contribution is 2.38. The van der Waals surface area contributed by atoms with Gasteiger partial charge in [0, 0.05) is 12.2 Å². The summed E-state index contributed by atoms with van der Waals surface area (Å²) in [4.78, 5) is 14.7. The molecule has 0 atom stereocenters. The monoisotopic (exact) mass is 455 g/mol. The molecule has 0 aliphatic heterocycles. The van der Waals surface area contributed by atoms with Crippen LogP contribution < -0.4 is 10.0 Å². The van der Waals surface area contributed by atoms with E-state index in [-0.39, 0.29) is 5.75 Å². The van der Waals surface area contributed by atoms with Crippen molar-refractivity contribution < 1.29 is 13.2 Å². The number of benzene rings is 2. The highest BCUT2D eigenvalue weighted by atomic mass is 32.2. The first-order valence-corrected chi connectivity index (χ1v) is 13.3. The average molecular weight is 456 g/mol. The molecule has 2 aliphatic rings. The number of carbonyl (C=O) groups is 1. The number of hydrogen-bond donors (Lipinski definition) is 2. The third kappa shape index (κ3) is 5.70. The van der Waals surface area contributed by atoms with E-state index in [1.165, 1.54) is 27.8 Å². The van der Waals surface area contributed by atoms with Crippen molar-refractivity contribution in [2.75, 3.05) is 24.7 Å². The number of rotatable bonds is 9. The highest BCUT2D eigenvalue weighted by molar-refractivity contribution is 7.90. The van der Waals surface area contributed by atoms with Gasteiger partial charge in [0.15, 0.2) is 0 Å². The van der Waals surface area contributed by atoms with Crippen molar-refractivity contribution in [3.05, 3.63) is 64.2 Å². The Morgan fingerprint density at radius 3 is 2.28 bits per heavy atom. The Morgan fingerprint density at radius 1 is 0.969 bits per heavy atom. The van der Waals surface area contributed by atoms with Gasteiger partial charge in [-0.1, -0.05) is 36.4 Å². The Kier molecular flexibility index (Phi) is 7.16. The Bertz CT molecular complexity index is 1040. The number of unbranched alkanes of at least 4 members (excludes halogenated alkanes) is 1. The molecule has 7 heteroatoms. The minimum Gasteiger partial charge on any atom is -0.307 e. The van der Waals surface area contributed by atoms with Crippen LogP contribution in [0.5, 0.6) is 0 Å². The van der Waals surface area contributed by atoms with Crippen LogP contribution in [0.3, 0.4) is 0 Å². The van der Waals surface area contributed by atoms with Gasteiger partial charge in [0.1, 0.15) is 0 Å². The van der Waals surface area contributed by atoms with Crippen LogP contribution in [0.15, 0.2) is 36.4 Å².